The summed E-state index contributed by atoms with van der Waals surface area (Å²) in [5.41, 5.74) is 0. The van der Waals surface area contributed by atoms with Gasteiger partial charge in [-0.1, -0.05) is 0 Å². The first-order chi connectivity index (χ1) is 4.13. The molecule has 3 nitrogen and oxygen atoms in total. The van der Waals surface area contributed by atoms with E-state index in [-0.39, 0.29) is 12.2 Å². The molecule has 2 atom stereocenters. The third-order valence-corrected chi connectivity index (χ3v) is 0.879. The van der Waals surface area contributed by atoms with E-state index < -0.39 is 0 Å². The fraction of sp³-hybridized carbons (Fsp3) is 1.00. The summed E-state index contributed by atoms with van der Waals surface area (Å²) in [5, 5.41) is 20.3. The van der Waals surface area contributed by atoms with Gasteiger partial charge in [-0.3, -0.25) is 0 Å². The van der Waals surface area contributed by atoms with Gasteiger partial charge in [-0.25, -0.2) is 0 Å². The quantitative estimate of drug-likeness (QED) is 0.477. The van der Waals surface area contributed by atoms with Gasteiger partial charge >= 0.3 is 0 Å². The van der Waals surface area contributed by atoms with Crippen LogP contribution in [0.4, 0.5) is 0 Å². The fourth-order valence-corrected chi connectivity index (χ4v) is 0.501. The van der Waals surface area contributed by atoms with Crippen molar-refractivity contribution < 1.29 is 10.2 Å². The smallest absolute Gasteiger partial charge is 0.0636 e. The van der Waals surface area contributed by atoms with E-state index in [2.05, 4.69) is 5.32 Å². The lowest BCUT2D eigenvalue weighted by molar-refractivity contribution is 0.164. The molecule has 0 fully saturated rings. The van der Waals surface area contributed by atoms with Gasteiger partial charge in [-0.15, -0.1) is 0 Å². The maximum Gasteiger partial charge on any atom is 0.0636 e. The normalized spacial score (nSPS) is 17.3. The molecule has 0 aromatic carbocycles. The van der Waals surface area contributed by atoms with E-state index in [0.29, 0.717) is 13.1 Å². The van der Waals surface area contributed by atoms with Crippen molar-refractivity contribution in [1.29, 1.82) is 0 Å². The molecular weight excluding hydrogens is 118 g/mol. The summed E-state index contributed by atoms with van der Waals surface area (Å²) in [4.78, 5) is 0. The van der Waals surface area contributed by atoms with Crippen LogP contribution in [0.25, 0.3) is 0 Å². The highest BCUT2D eigenvalue weighted by Crippen LogP contribution is 1.77. The molecule has 0 spiro atoms. The summed E-state index contributed by atoms with van der Waals surface area (Å²) in [7, 11) is 0. The highest BCUT2D eigenvalue weighted by atomic mass is 16.3. The molecule has 3 heteroatoms. The predicted octanol–water partition coefficient (Wildman–Crippen LogP) is -0.662. The van der Waals surface area contributed by atoms with Crippen LogP contribution in [0.5, 0.6) is 0 Å². The zero-order valence-electron chi connectivity index (χ0n) is 5.96. The number of hydrogen-bond donors (Lipinski definition) is 3. The first kappa shape index (κ1) is 8.88. The lowest BCUT2D eigenvalue weighted by Gasteiger charge is -2.07. The fourth-order valence-electron chi connectivity index (χ4n) is 0.501. The minimum atomic E-state index is -0.330. The Balaban J connectivity index is 2.91. The van der Waals surface area contributed by atoms with Gasteiger partial charge in [-0.2, -0.15) is 0 Å². The van der Waals surface area contributed by atoms with Gasteiger partial charge in [0.05, 0.1) is 12.2 Å². The molecule has 0 heterocycles. The maximum atomic E-state index is 8.72. The molecule has 0 aromatic heterocycles. The van der Waals surface area contributed by atoms with Crippen molar-refractivity contribution in [3.8, 4) is 0 Å². The molecule has 9 heavy (non-hydrogen) atoms. The van der Waals surface area contributed by atoms with Crippen LogP contribution in [0.3, 0.4) is 0 Å². The average molecular weight is 133 g/mol. The van der Waals surface area contributed by atoms with Gasteiger partial charge in [0.15, 0.2) is 0 Å². The number of aliphatic hydroxyl groups excluding tert-OH is 2. The van der Waals surface area contributed by atoms with E-state index >= 15 is 0 Å². The summed E-state index contributed by atoms with van der Waals surface area (Å²) in [6, 6.07) is 0. The molecule has 0 saturated carbocycles. The summed E-state index contributed by atoms with van der Waals surface area (Å²) < 4.78 is 0. The zero-order valence-corrected chi connectivity index (χ0v) is 5.96. The number of nitrogens with one attached hydrogen (secondary N) is 1. The van der Waals surface area contributed by atoms with Gasteiger partial charge in [0.25, 0.3) is 0 Å². The Labute approximate surface area is 55.7 Å². The van der Waals surface area contributed by atoms with Crippen LogP contribution in [0.15, 0.2) is 0 Å². The van der Waals surface area contributed by atoms with Crippen molar-refractivity contribution in [2.75, 3.05) is 13.1 Å². The molecule has 0 aliphatic heterocycles. The highest BCUT2D eigenvalue weighted by Gasteiger charge is 1.96. The third-order valence-electron chi connectivity index (χ3n) is 0.879. The minimum absolute atomic E-state index is 0.330. The van der Waals surface area contributed by atoms with Crippen LogP contribution in [-0.4, -0.2) is 35.5 Å². The lowest BCUT2D eigenvalue weighted by Crippen LogP contribution is -2.30. The standard InChI is InChI=1S/C6H15NO2/c1-5(8)3-7-4-6(2)9/h5-9H,3-4H2,1-2H3/t5-,6-/m0/s1. The largest absolute Gasteiger partial charge is 0.392 e. The van der Waals surface area contributed by atoms with Crippen molar-refractivity contribution in [3.05, 3.63) is 0 Å². The van der Waals surface area contributed by atoms with Crippen LogP contribution < -0.4 is 5.32 Å². The zero-order chi connectivity index (χ0) is 7.28. The highest BCUT2D eigenvalue weighted by molar-refractivity contribution is 4.55. The van der Waals surface area contributed by atoms with Gasteiger partial charge in [0.2, 0.25) is 0 Å². The molecule has 0 rings (SSSR count). The molecule has 3 N–H and O–H groups in total. The monoisotopic (exact) mass is 133 g/mol. The van der Waals surface area contributed by atoms with Crippen LogP contribution in [0, 0.1) is 0 Å². The minimum Gasteiger partial charge on any atom is -0.392 e. The van der Waals surface area contributed by atoms with Crippen LogP contribution in [0.2, 0.25) is 0 Å². The van der Waals surface area contributed by atoms with Crippen molar-refractivity contribution >= 4 is 0 Å². The van der Waals surface area contributed by atoms with Crippen molar-refractivity contribution in [1.82, 2.24) is 5.32 Å². The van der Waals surface area contributed by atoms with Crippen LogP contribution >= 0.6 is 0 Å². The first-order valence-electron chi connectivity index (χ1n) is 3.19. The Hall–Kier alpha value is -0.120. The molecule has 0 aliphatic carbocycles. The van der Waals surface area contributed by atoms with Crippen molar-refractivity contribution in [3.63, 3.8) is 0 Å². The topological polar surface area (TPSA) is 52.5 Å². The molecule has 0 aliphatic rings. The lowest BCUT2D eigenvalue weighted by atomic mass is 10.3. The van der Waals surface area contributed by atoms with E-state index in [1.807, 2.05) is 0 Å². The Morgan fingerprint density at radius 3 is 1.67 bits per heavy atom. The second-order valence-corrected chi connectivity index (χ2v) is 2.36. The van der Waals surface area contributed by atoms with Gasteiger partial charge in [0, 0.05) is 13.1 Å². The molecule has 0 bridgehead atoms. The van der Waals surface area contributed by atoms with Crippen molar-refractivity contribution in [2.45, 2.75) is 26.1 Å². The first-order valence-corrected chi connectivity index (χ1v) is 3.19. The SMILES string of the molecule is C[C@H](O)CNC[C@H](C)O. The molecule has 0 amide bonds. The summed E-state index contributed by atoms with van der Waals surface area (Å²) in [5.74, 6) is 0. The molecule has 0 radical (unpaired) electrons. The van der Waals surface area contributed by atoms with E-state index in [1.54, 1.807) is 13.8 Å². The van der Waals surface area contributed by atoms with E-state index in [4.69, 9.17) is 10.2 Å². The van der Waals surface area contributed by atoms with Gasteiger partial charge in [0.1, 0.15) is 0 Å². The summed E-state index contributed by atoms with van der Waals surface area (Å²) in [6.45, 7) is 4.50. The van der Waals surface area contributed by atoms with Gasteiger partial charge in [-0.05, 0) is 13.8 Å². The second kappa shape index (κ2) is 4.73. The maximum absolute atomic E-state index is 8.72. The van der Waals surface area contributed by atoms with E-state index in [0.717, 1.165) is 0 Å². The van der Waals surface area contributed by atoms with Crippen molar-refractivity contribution in [2.24, 2.45) is 0 Å². The van der Waals surface area contributed by atoms with E-state index in [1.165, 1.54) is 0 Å². The second-order valence-electron chi connectivity index (χ2n) is 2.36. The summed E-state index contributed by atoms with van der Waals surface area (Å²) >= 11 is 0. The molecule has 0 aromatic rings. The Kier molecular flexibility index (Phi) is 4.67. The average Bonchev–Trinajstić information content (AvgIpc) is 1.63. The number of aliphatic hydroxyl groups is 2. The van der Waals surface area contributed by atoms with Crippen LogP contribution in [0.1, 0.15) is 13.8 Å². The Bertz CT molecular complexity index is 56.1. The molecular formula is C6H15NO2. The van der Waals surface area contributed by atoms with Gasteiger partial charge < -0.3 is 15.5 Å². The predicted molar refractivity (Wildman–Crippen MR) is 36.2 cm³/mol. The Morgan fingerprint density at radius 1 is 1.11 bits per heavy atom. The molecule has 56 valence electrons. The molecule has 0 unspecified atom stereocenters. The molecule has 0 saturated heterocycles. The van der Waals surface area contributed by atoms with E-state index in [9.17, 15) is 0 Å². The number of rotatable bonds is 4. The number of hydrogen-bond acceptors (Lipinski definition) is 3. The Morgan fingerprint density at radius 2 is 1.44 bits per heavy atom. The van der Waals surface area contributed by atoms with Crippen LogP contribution in [-0.2, 0) is 0 Å². The third kappa shape index (κ3) is 7.88. The summed E-state index contributed by atoms with van der Waals surface area (Å²) in [6.07, 6.45) is -0.660.